The number of ether oxygens (including phenoxy) is 2. The summed E-state index contributed by atoms with van der Waals surface area (Å²) in [7, 11) is 4.24. The third-order valence-electron chi connectivity index (χ3n) is 6.82. The summed E-state index contributed by atoms with van der Waals surface area (Å²) in [6, 6.07) is 8.67. The second-order valence-corrected chi connectivity index (χ2v) is 10.7. The van der Waals surface area contributed by atoms with Crippen LogP contribution in [0.1, 0.15) is 134 Å². The van der Waals surface area contributed by atoms with Crippen molar-refractivity contribution in [1.29, 1.82) is 0 Å². The Bertz CT molecular complexity index is 560. The normalized spacial score (nSPS) is 11.5. The van der Waals surface area contributed by atoms with Crippen molar-refractivity contribution in [2.24, 2.45) is 0 Å². The van der Waals surface area contributed by atoms with Gasteiger partial charge in [-0.1, -0.05) is 128 Å². The van der Waals surface area contributed by atoms with Crippen molar-refractivity contribution in [1.82, 2.24) is 4.90 Å². The van der Waals surface area contributed by atoms with Crippen LogP contribution in [-0.4, -0.2) is 38.8 Å². The minimum atomic E-state index is 0.703. The summed E-state index contributed by atoms with van der Waals surface area (Å²) in [5, 5.41) is 0. The molecule has 0 saturated heterocycles. The molecule has 3 nitrogen and oxygen atoms in total. The number of benzene rings is 1. The van der Waals surface area contributed by atoms with Crippen molar-refractivity contribution >= 4 is 0 Å². The molecule has 1 aromatic carbocycles. The fourth-order valence-corrected chi connectivity index (χ4v) is 4.57. The highest BCUT2D eigenvalue weighted by Crippen LogP contribution is 2.14. The van der Waals surface area contributed by atoms with Crippen LogP contribution in [0.25, 0.3) is 0 Å². The first-order chi connectivity index (χ1) is 17.2. The number of hydrogen-bond donors (Lipinski definition) is 0. The molecule has 0 aliphatic heterocycles. The van der Waals surface area contributed by atoms with Gasteiger partial charge in [0.2, 0.25) is 0 Å². The zero-order valence-electron chi connectivity index (χ0n) is 23.8. The third-order valence-corrected chi connectivity index (χ3v) is 6.82. The summed E-state index contributed by atoms with van der Waals surface area (Å²) in [6.45, 7) is 6.57. The van der Waals surface area contributed by atoms with Crippen LogP contribution in [0, 0.1) is 0 Å². The van der Waals surface area contributed by atoms with Crippen molar-refractivity contribution in [3.8, 4) is 0 Å². The van der Waals surface area contributed by atoms with Gasteiger partial charge in [0.25, 0.3) is 0 Å². The maximum absolute atomic E-state index is 5.93. The topological polar surface area (TPSA) is 21.7 Å². The highest BCUT2D eigenvalue weighted by Gasteiger charge is 1.99. The predicted octanol–water partition coefficient (Wildman–Crippen LogP) is 9.32. The molecule has 35 heavy (non-hydrogen) atoms. The number of nitrogens with zero attached hydrogens (tertiary/aromatic N) is 1. The first-order valence-corrected chi connectivity index (χ1v) is 15.1. The molecule has 0 aliphatic rings. The van der Waals surface area contributed by atoms with Gasteiger partial charge in [-0.25, -0.2) is 0 Å². The van der Waals surface area contributed by atoms with E-state index in [-0.39, 0.29) is 0 Å². The fourth-order valence-electron chi connectivity index (χ4n) is 4.57. The minimum Gasteiger partial charge on any atom is -0.377 e. The summed E-state index contributed by atoms with van der Waals surface area (Å²) >= 11 is 0. The SMILES string of the molecule is CCCCCCCCCCCCCCCCCCOCc1cccc(COCCCCN(C)C)c1. The van der Waals surface area contributed by atoms with Gasteiger partial charge < -0.3 is 14.4 Å². The maximum Gasteiger partial charge on any atom is 0.0716 e. The largest absolute Gasteiger partial charge is 0.377 e. The van der Waals surface area contributed by atoms with Gasteiger partial charge in [0.15, 0.2) is 0 Å². The molecule has 0 spiro atoms. The van der Waals surface area contributed by atoms with E-state index in [2.05, 4.69) is 50.2 Å². The van der Waals surface area contributed by atoms with Crippen LogP contribution < -0.4 is 0 Å². The predicted molar refractivity (Wildman–Crippen MR) is 153 cm³/mol. The summed E-state index contributed by atoms with van der Waals surface area (Å²) in [6.07, 6.45) is 24.9. The van der Waals surface area contributed by atoms with Crippen molar-refractivity contribution in [3.05, 3.63) is 35.4 Å². The van der Waals surface area contributed by atoms with Crippen molar-refractivity contribution < 1.29 is 9.47 Å². The molecular weight excluding hydrogens is 430 g/mol. The molecular formula is C32H59NO2. The standard InChI is InChI=1S/C32H59NO2/c1-4-5-6-7-8-9-10-11-12-13-14-15-16-17-18-20-26-34-29-31-23-22-24-32(28-31)30-35-27-21-19-25-33(2)3/h22-24,28H,4-21,25-27,29-30H2,1-3H3. The van der Waals surface area contributed by atoms with Crippen molar-refractivity contribution in [2.45, 2.75) is 136 Å². The zero-order chi connectivity index (χ0) is 25.2. The molecule has 0 heterocycles. The average molecular weight is 490 g/mol. The Morgan fingerprint density at radius 3 is 1.37 bits per heavy atom. The van der Waals surface area contributed by atoms with Gasteiger partial charge in [0, 0.05) is 13.2 Å². The second-order valence-electron chi connectivity index (χ2n) is 10.7. The van der Waals surface area contributed by atoms with Gasteiger partial charge >= 0.3 is 0 Å². The molecule has 0 radical (unpaired) electrons. The Balaban J connectivity index is 1.86. The van der Waals surface area contributed by atoms with Crippen LogP contribution in [0.2, 0.25) is 0 Å². The van der Waals surface area contributed by atoms with Crippen LogP contribution >= 0.6 is 0 Å². The van der Waals surface area contributed by atoms with Crippen molar-refractivity contribution in [2.75, 3.05) is 33.9 Å². The lowest BCUT2D eigenvalue weighted by Crippen LogP contribution is -2.13. The molecule has 3 heteroatoms. The summed E-state index contributed by atoms with van der Waals surface area (Å²) in [4.78, 5) is 2.23. The average Bonchev–Trinajstić information content (AvgIpc) is 2.85. The van der Waals surface area contributed by atoms with Gasteiger partial charge in [0.1, 0.15) is 0 Å². The van der Waals surface area contributed by atoms with E-state index >= 15 is 0 Å². The van der Waals surface area contributed by atoms with E-state index in [0.29, 0.717) is 6.61 Å². The molecule has 0 aliphatic carbocycles. The molecule has 0 aromatic heterocycles. The van der Waals surface area contributed by atoms with Crippen molar-refractivity contribution in [3.63, 3.8) is 0 Å². The first-order valence-electron chi connectivity index (χ1n) is 15.1. The summed E-state index contributed by atoms with van der Waals surface area (Å²) < 4.78 is 11.8. The lowest BCUT2D eigenvalue weighted by Gasteiger charge is -2.10. The van der Waals surface area contributed by atoms with E-state index in [1.54, 1.807) is 0 Å². The molecule has 204 valence electrons. The van der Waals surface area contributed by atoms with Crippen LogP contribution in [0.15, 0.2) is 24.3 Å². The van der Waals surface area contributed by atoms with Gasteiger partial charge in [-0.05, 0) is 51.0 Å². The molecule has 0 N–H and O–H groups in total. The minimum absolute atomic E-state index is 0.703. The maximum atomic E-state index is 5.93. The highest BCUT2D eigenvalue weighted by atomic mass is 16.5. The monoisotopic (exact) mass is 489 g/mol. The van der Waals surface area contributed by atoms with Gasteiger partial charge in [-0.2, -0.15) is 0 Å². The quantitative estimate of drug-likeness (QED) is 0.121. The Morgan fingerprint density at radius 1 is 0.543 bits per heavy atom. The molecule has 1 rings (SSSR count). The van der Waals surface area contributed by atoms with E-state index in [1.807, 2.05) is 0 Å². The van der Waals surface area contributed by atoms with E-state index in [9.17, 15) is 0 Å². The van der Waals surface area contributed by atoms with Crippen LogP contribution in [-0.2, 0) is 22.7 Å². The zero-order valence-corrected chi connectivity index (χ0v) is 23.8. The van der Waals surface area contributed by atoms with Crippen LogP contribution in [0.3, 0.4) is 0 Å². The van der Waals surface area contributed by atoms with E-state index < -0.39 is 0 Å². The Kier molecular flexibility index (Phi) is 22.7. The Labute approximate surface area is 219 Å². The Morgan fingerprint density at radius 2 is 0.943 bits per heavy atom. The smallest absolute Gasteiger partial charge is 0.0716 e. The van der Waals surface area contributed by atoms with E-state index in [0.717, 1.165) is 32.8 Å². The van der Waals surface area contributed by atoms with Gasteiger partial charge in [-0.3, -0.25) is 0 Å². The van der Waals surface area contributed by atoms with Crippen LogP contribution in [0.5, 0.6) is 0 Å². The van der Waals surface area contributed by atoms with E-state index in [1.165, 1.54) is 120 Å². The number of unbranched alkanes of at least 4 members (excludes halogenated alkanes) is 16. The Hall–Kier alpha value is -0.900. The number of hydrogen-bond acceptors (Lipinski definition) is 3. The lowest BCUT2D eigenvalue weighted by atomic mass is 10.0. The van der Waals surface area contributed by atoms with E-state index in [4.69, 9.17) is 9.47 Å². The summed E-state index contributed by atoms with van der Waals surface area (Å²) in [5.74, 6) is 0. The van der Waals surface area contributed by atoms with Gasteiger partial charge in [-0.15, -0.1) is 0 Å². The fraction of sp³-hybridized carbons (Fsp3) is 0.812. The van der Waals surface area contributed by atoms with Gasteiger partial charge in [0.05, 0.1) is 13.2 Å². The van der Waals surface area contributed by atoms with Crippen LogP contribution in [0.4, 0.5) is 0 Å². The molecule has 0 bridgehead atoms. The molecule has 0 saturated carbocycles. The first kappa shape index (κ1) is 32.1. The molecule has 0 fully saturated rings. The number of rotatable bonds is 26. The third kappa shape index (κ3) is 22.1. The second kappa shape index (κ2) is 24.8. The molecule has 1 aromatic rings. The molecule has 0 unspecified atom stereocenters. The highest BCUT2D eigenvalue weighted by molar-refractivity contribution is 5.22. The lowest BCUT2D eigenvalue weighted by molar-refractivity contribution is 0.112. The molecule has 0 amide bonds. The molecule has 0 atom stereocenters. The summed E-state index contributed by atoms with van der Waals surface area (Å²) in [5.41, 5.74) is 2.51.